The highest BCUT2D eigenvalue weighted by molar-refractivity contribution is 6.06. The zero-order chi connectivity index (χ0) is 15.4. The molecule has 1 rings (SSSR count). The van der Waals surface area contributed by atoms with Crippen molar-refractivity contribution in [2.75, 3.05) is 6.61 Å². The summed E-state index contributed by atoms with van der Waals surface area (Å²) in [6, 6.07) is 0.0650. The molecule has 0 aromatic carbocycles. The van der Waals surface area contributed by atoms with E-state index in [9.17, 15) is 4.79 Å². The van der Waals surface area contributed by atoms with Gasteiger partial charge in [0.15, 0.2) is 5.84 Å². The molecular formula is C14H27N3O3. The normalized spacial score (nSPS) is 23.4. The van der Waals surface area contributed by atoms with Crippen molar-refractivity contribution in [1.82, 2.24) is 5.32 Å². The Hall–Kier alpha value is -1.30. The third-order valence-corrected chi connectivity index (χ3v) is 4.27. The van der Waals surface area contributed by atoms with Gasteiger partial charge in [0.25, 0.3) is 0 Å². The van der Waals surface area contributed by atoms with Crippen LogP contribution in [0.4, 0.5) is 0 Å². The molecular weight excluding hydrogens is 258 g/mol. The van der Waals surface area contributed by atoms with Crippen LogP contribution in [0.25, 0.3) is 0 Å². The number of oxime groups is 1. The smallest absolute Gasteiger partial charge is 0.234 e. The molecule has 6 nitrogen and oxygen atoms in total. The summed E-state index contributed by atoms with van der Waals surface area (Å²) in [4.78, 5) is 12.6. The number of nitrogens with one attached hydrogen (secondary N) is 1. The van der Waals surface area contributed by atoms with Gasteiger partial charge in [-0.25, -0.2) is 0 Å². The molecule has 0 aromatic rings. The van der Waals surface area contributed by atoms with Crippen molar-refractivity contribution in [1.29, 1.82) is 0 Å². The Labute approximate surface area is 120 Å². The number of ether oxygens (including phenoxy) is 1. The van der Waals surface area contributed by atoms with Crippen LogP contribution in [0.1, 0.15) is 53.4 Å². The summed E-state index contributed by atoms with van der Waals surface area (Å²) in [6.07, 6.45) is 2.54. The molecule has 20 heavy (non-hydrogen) atoms. The molecule has 116 valence electrons. The van der Waals surface area contributed by atoms with Gasteiger partial charge in [0.05, 0.1) is 5.60 Å². The third-order valence-electron chi connectivity index (χ3n) is 4.27. The lowest BCUT2D eigenvalue weighted by Crippen LogP contribution is -2.54. The molecule has 0 saturated carbocycles. The van der Waals surface area contributed by atoms with Crippen molar-refractivity contribution in [3.05, 3.63) is 0 Å². The summed E-state index contributed by atoms with van der Waals surface area (Å²) in [5.74, 6) is -0.188. The minimum atomic E-state index is -0.933. The second-order valence-electron chi connectivity index (χ2n) is 6.05. The van der Waals surface area contributed by atoms with E-state index in [4.69, 9.17) is 15.7 Å². The second-order valence-corrected chi connectivity index (χ2v) is 6.05. The van der Waals surface area contributed by atoms with Crippen molar-refractivity contribution in [3.63, 3.8) is 0 Å². The molecule has 1 fully saturated rings. The number of hydrogen-bond acceptors (Lipinski definition) is 4. The van der Waals surface area contributed by atoms with Crippen molar-refractivity contribution in [2.24, 2.45) is 16.3 Å². The number of carbonyl (C=O) groups excluding carboxylic acids is 1. The number of nitrogens with zero attached hydrogens (tertiary/aromatic N) is 1. The van der Waals surface area contributed by atoms with Gasteiger partial charge in [-0.05, 0) is 39.5 Å². The molecule has 6 heteroatoms. The maximum Gasteiger partial charge on any atom is 0.234 e. The Bertz CT molecular complexity index is 376. The fourth-order valence-electron chi connectivity index (χ4n) is 2.82. The standard InChI is InChI=1S/C14H27N3O3/c1-5-14(6-2,11(15)17-19)12(18)16-10-7-8-20-13(3,4)9-10/h10,19H,5-9H2,1-4H3,(H2,15,17)(H,16,18). The fourth-order valence-corrected chi connectivity index (χ4v) is 2.82. The van der Waals surface area contributed by atoms with Gasteiger partial charge in [-0.1, -0.05) is 19.0 Å². The first kappa shape index (κ1) is 16.8. The zero-order valence-electron chi connectivity index (χ0n) is 12.9. The molecule has 0 radical (unpaired) electrons. The molecule has 0 spiro atoms. The fraction of sp³-hybridized carbons (Fsp3) is 0.857. The molecule has 1 aliphatic heterocycles. The van der Waals surface area contributed by atoms with Gasteiger partial charge in [-0.3, -0.25) is 4.79 Å². The summed E-state index contributed by atoms with van der Waals surface area (Å²) < 4.78 is 5.64. The molecule has 0 aliphatic carbocycles. The van der Waals surface area contributed by atoms with Crippen molar-refractivity contribution in [2.45, 2.75) is 65.0 Å². The molecule has 1 amide bonds. The summed E-state index contributed by atoms with van der Waals surface area (Å²) in [7, 11) is 0. The third kappa shape index (κ3) is 3.42. The van der Waals surface area contributed by atoms with Crippen molar-refractivity contribution >= 4 is 11.7 Å². The van der Waals surface area contributed by atoms with E-state index in [1.807, 2.05) is 27.7 Å². The van der Waals surface area contributed by atoms with Crippen LogP contribution < -0.4 is 11.1 Å². The van der Waals surface area contributed by atoms with Crippen LogP contribution in [0.5, 0.6) is 0 Å². The van der Waals surface area contributed by atoms with Crippen molar-refractivity contribution < 1.29 is 14.7 Å². The van der Waals surface area contributed by atoms with E-state index in [1.165, 1.54) is 0 Å². The predicted molar refractivity (Wildman–Crippen MR) is 77.6 cm³/mol. The van der Waals surface area contributed by atoms with E-state index >= 15 is 0 Å². The Morgan fingerprint density at radius 2 is 2.10 bits per heavy atom. The first-order chi connectivity index (χ1) is 9.31. The molecule has 1 unspecified atom stereocenters. The number of hydrogen-bond donors (Lipinski definition) is 3. The minimum Gasteiger partial charge on any atom is -0.409 e. The number of carbonyl (C=O) groups is 1. The number of amides is 1. The van der Waals surface area contributed by atoms with Gasteiger partial charge in [0, 0.05) is 12.6 Å². The van der Waals surface area contributed by atoms with Gasteiger partial charge >= 0.3 is 0 Å². The quantitative estimate of drug-likeness (QED) is 0.309. The van der Waals surface area contributed by atoms with Gasteiger partial charge in [0.1, 0.15) is 5.41 Å². The topological polar surface area (TPSA) is 96.9 Å². The molecule has 1 heterocycles. The van der Waals surface area contributed by atoms with Crippen molar-refractivity contribution in [3.8, 4) is 0 Å². The second kappa shape index (κ2) is 6.43. The zero-order valence-corrected chi connectivity index (χ0v) is 12.9. The van der Waals surface area contributed by atoms with Crippen LogP contribution in [-0.4, -0.2) is 35.2 Å². The van der Waals surface area contributed by atoms with Crippen LogP contribution in [0, 0.1) is 5.41 Å². The molecule has 0 aromatic heterocycles. The Balaban J connectivity index is 2.82. The molecule has 1 saturated heterocycles. The van der Waals surface area contributed by atoms with Crippen LogP contribution in [0.15, 0.2) is 5.16 Å². The first-order valence-corrected chi connectivity index (χ1v) is 7.24. The predicted octanol–water partition coefficient (Wildman–Crippen LogP) is 1.61. The molecule has 1 atom stereocenters. The van der Waals surface area contributed by atoms with Crippen LogP contribution in [-0.2, 0) is 9.53 Å². The molecule has 4 N–H and O–H groups in total. The molecule has 0 bridgehead atoms. The van der Waals surface area contributed by atoms with Crippen LogP contribution in [0.2, 0.25) is 0 Å². The van der Waals surface area contributed by atoms with E-state index in [0.29, 0.717) is 19.4 Å². The maximum atomic E-state index is 12.6. The van der Waals surface area contributed by atoms with E-state index in [0.717, 1.165) is 12.8 Å². The summed E-state index contributed by atoms with van der Waals surface area (Å²) in [5.41, 5.74) is 4.59. The highest BCUT2D eigenvalue weighted by Crippen LogP contribution is 2.29. The first-order valence-electron chi connectivity index (χ1n) is 7.24. The Kier molecular flexibility index (Phi) is 5.39. The molecule has 1 aliphatic rings. The lowest BCUT2D eigenvalue weighted by molar-refractivity contribution is -0.131. The summed E-state index contributed by atoms with van der Waals surface area (Å²) >= 11 is 0. The Morgan fingerprint density at radius 3 is 2.55 bits per heavy atom. The number of rotatable bonds is 5. The average Bonchev–Trinajstić information content (AvgIpc) is 2.39. The summed E-state index contributed by atoms with van der Waals surface area (Å²) in [6.45, 7) is 8.40. The van der Waals surface area contributed by atoms with E-state index in [2.05, 4.69) is 10.5 Å². The van der Waals surface area contributed by atoms with Gasteiger partial charge < -0.3 is 21.0 Å². The number of nitrogens with two attached hydrogens (primary N) is 1. The van der Waals surface area contributed by atoms with Gasteiger partial charge in [-0.15, -0.1) is 0 Å². The maximum absolute atomic E-state index is 12.6. The van der Waals surface area contributed by atoms with E-state index < -0.39 is 5.41 Å². The van der Waals surface area contributed by atoms with E-state index in [-0.39, 0.29) is 23.4 Å². The highest BCUT2D eigenvalue weighted by Gasteiger charge is 2.41. The number of amidine groups is 1. The lowest BCUT2D eigenvalue weighted by Gasteiger charge is -2.38. The monoisotopic (exact) mass is 285 g/mol. The summed E-state index contributed by atoms with van der Waals surface area (Å²) in [5, 5.41) is 15.0. The largest absolute Gasteiger partial charge is 0.409 e. The van der Waals surface area contributed by atoms with Crippen LogP contribution >= 0.6 is 0 Å². The average molecular weight is 285 g/mol. The van der Waals surface area contributed by atoms with E-state index in [1.54, 1.807) is 0 Å². The lowest BCUT2D eigenvalue weighted by atomic mass is 9.79. The minimum absolute atomic E-state index is 0.0219. The van der Waals surface area contributed by atoms with Crippen LogP contribution in [0.3, 0.4) is 0 Å². The SMILES string of the molecule is CCC(CC)(C(=O)NC1CCOC(C)(C)C1)C(N)=NO. The van der Waals surface area contributed by atoms with Gasteiger partial charge in [-0.2, -0.15) is 0 Å². The highest BCUT2D eigenvalue weighted by atomic mass is 16.5. The van der Waals surface area contributed by atoms with Gasteiger partial charge in [0.2, 0.25) is 5.91 Å². The Morgan fingerprint density at radius 1 is 1.50 bits per heavy atom.